The van der Waals surface area contributed by atoms with Crippen molar-refractivity contribution >= 4 is 23.2 Å². The van der Waals surface area contributed by atoms with Crippen molar-refractivity contribution < 1.29 is 39.5 Å². The number of nitrogens with one attached hydrogen (secondary N) is 1. The molecule has 3 aliphatic rings. The molecule has 11 heteroatoms. The Labute approximate surface area is 249 Å². The minimum atomic E-state index is -2.68. The van der Waals surface area contributed by atoms with Gasteiger partial charge in [-0.3, -0.25) is 19.3 Å². The first-order valence-electron chi connectivity index (χ1n) is 14.0. The third-order valence-corrected chi connectivity index (χ3v) is 9.17. The van der Waals surface area contributed by atoms with Gasteiger partial charge in [0.2, 0.25) is 5.78 Å². The zero-order chi connectivity index (χ0) is 31.6. The van der Waals surface area contributed by atoms with Crippen LogP contribution in [0.1, 0.15) is 42.5 Å². The van der Waals surface area contributed by atoms with Gasteiger partial charge in [-0.15, -0.1) is 0 Å². The Kier molecular flexibility index (Phi) is 7.40. The second kappa shape index (κ2) is 10.5. The number of methoxy groups -OCH3 is 1. The van der Waals surface area contributed by atoms with Gasteiger partial charge in [0.05, 0.1) is 18.7 Å². The number of likely N-dealkylation sites (N-methyl/N-ethyl adjacent to an activating group) is 1. The van der Waals surface area contributed by atoms with Gasteiger partial charge in [0, 0.05) is 34.7 Å². The van der Waals surface area contributed by atoms with Gasteiger partial charge in [-0.05, 0) is 58.3 Å². The van der Waals surface area contributed by atoms with Gasteiger partial charge < -0.3 is 36.2 Å². The molecule has 2 aromatic carbocycles. The summed E-state index contributed by atoms with van der Waals surface area (Å²) in [6.45, 7) is 4.37. The number of ether oxygens (including phenoxy) is 1. The Morgan fingerprint density at radius 3 is 2.40 bits per heavy atom. The second-order valence-electron chi connectivity index (χ2n) is 12.2. The summed E-state index contributed by atoms with van der Waals surface area (Å²) < 4.78 is 5.80. The lowest BCUT2D eigenvalue weighted by Crippen LogP contribution is -2.65. The molecule has 1 saturated carbocycles. The Bertz CT molecular complexity index is 1590. The van der Waals surface area contributed by atoms with Crippen LogP contribution in [0.25, 0.3) is 5.76 Å². The van der Waals surface area contributed by atoms with Crippen molar-refractivity contribution in [2.24, 2.45) is 17.6 Å². The lowest BCUT2D eigenvalue weighted by molar-refractivity contribution is -0.153. The van der Waals surface area contributed by atoms with Crippen molar-refractivity contribution in [3.8, 4) is 11.5 Å². The number of fused-ring (bicyclic) bond motifs is 3. The van der Waals surface area contributed by atoms with Crippen molar-refractivity contribution in [2.75, 3.05) is 21.2 Å². The van der Waals surface area contributed by atoms with Crippen molar-refractivity contribution in [3.63, 3.8) is 0 Å². The molecule has 0 aromatic heterocycles. The molecule has 0 bridgehead atoms. The number of ketones is 2. The minimum Gasteiger partial charge on any atom is -0.508 e. The number of aromatic hydroxyl groups is 1. The van der Waals surface area contributed by atoms with Crippen LogP contribution in [0.4, 0.5) is 0 Å². The number of hydrogen-bond acceptors (Lipinski definition) is 10. The standard InChI is InChI=1S/C32H37N3O8/c1-31(2,17-9-7-6-8-10-17)34-14-16-13-20(36)22-18(27(16)43-5)11-15-12-19-24(35(3)4)26(38)23(30(33)41)29(40)32(19,42)28(39)21(15)25(22)37/h6-10,13,15,19,24,34,36-37,40,42H,11-12,14H2,1-5H3,(H2,33,41)/t15-,19-,24-,32-/m0/s1. The molecule has 43 heavy (non-hydrogen) atoms. The fourth-order valence-corrected chi connectivity index (χ4v) is 7.01. The van der Waals surface area contributed by atoms with Crippen LogP contribution >= 0.6 is 0 Å². The normalized spacial score (nSPS) is 25.4. The van der Waals surface area contributed by atoms with Crippen molar-refractivity contribution in [1.82, 2.24) is 10.2 Å². The SMILES string of the molecule is COc1c(CNC(C)(C)c2ccccc2)cc(O)c2c1C[C@H]1C[C@H]3[C@H](N(C)C)C(=O)C(C(N)=O)=C(O)[C@@]3(O)C(=O)C1=C2O. The summed E-state index contributed by atoms with van der Waals surface area (Å²) in [4.78, 5) is 40.9. The van der Waals surface area contributed by atoms with Gasteiger partial charge in [0.1, 0.15) is 28.6 Å². The summed E-state index contributed by atoms with van der Waals surface area (Å²) in [7, 11) is 4.60. The number of nitrogens with two attached hydrogens (primary N) is 1. The van der Waals surface area contributed by atoms with Crippen molar-refractivity contribution in [3.05, 3.63) is 75.6 Å². The summed E-state index contributed by atoms with van der Waals surface area (Å²) >= 11 is 0. The highest BCUT2D eigenvalue weighted by atomic mass is 16.5. The summed E-state index contributed by atoms with van der Waals surface area (Å²) in [5, 5.41) is 48.8. The highest BCUT2D eigenvalue weighted by molar-refractivity contribution is 6.24. The summed E-state index contributed by atoms with van der Waals surface area (Å²) in [6.07, 6.45) is 0.139. The number of carbonyl (C=O) groups excluding carboxylic acids is 3. The molecule has 1 amide bonds. The topological polar surface area (TPSA) is 183 Å². The van der Waals surface area contributed by atoms with Gasteiger partial charge in [0.15, 0.2) is 11.4 Å². The highest BCUT2D eigenvalue weighted by Crippen LogP contribution is 2.54. The van der Waals surface area contributed by atoms with E-state index in [9.17, 15) is 34.8 Å². The van der Waals surface area contributed by atoms with Gasteiger partial charge in [-0.1, -0.05) is 30.3 Å². The minimum absolute atomic E-state index is 0.000800. The third-order valence-electron chi connectivity index (χ3n) is 9.17. The fourth-order valence-electron chi connectivity index (χ4n) is 7.01. The number of Topliss-reactive ketones (excluding diaryl/α,β-unsaturated/α-hetero) is 2. The van der Waals surface area contributed by atoms with Gasteiger partial charge >= 0.3 is 0 Å². The van der Waals surface area contributed by atoms with Crippen LogP contribution in [0, 0.1) is 11.8 Å². The van der Waals surface area contributed by atoms with E-state index in [2.05, 4.69) is 5.32 Å². The molecule has 0 aliphatic heterocycles. The first-order chi connectivity index (χ1) is 20.2. The van der Waals surface area contributed by atoms with E-state index in [-0.39, 0.29) is 29.7 Å². The summed E-state index contributed by atoms with van der Waals surface area (Å²) in [6, 6.07) is 10.2. The zero-order valence-electron chi connectivity index (χ0n) is 24.8. The molecule has 228 valence electrons. The first kappa shape index (κ1) is 30.3. The number of benzene rings is 2. The number of phenolic OH excluding ortho intramolecular Hbond substituents is 1. The molecule has 3 aliphatic carbocycles. The molecular weight excluding hydrogens is 554 g/mol. The number of amides is 1. The molecule has 0 saturated heterocycles. The van der Waals surface area contributed by atoms with E-state index in [1.807, 2.05) is 44.2 Å². The number of primary amides is 1. The van der Waals surface area contributed by atoms with Gasteiger partial charge in [-0.25, -0.2) is 0 Å². The Morgan fingerprint density at radius 1 is 1.16 bits per heavy atom. The van der Waals surface area contributed by atoms with Crippen molar-refractivity contribution in [2.45, 2.75) is 50.4 Å². The molecular formula is C32H37N3O8. The van der Waals surface area contributed by atoms with E-state index < -0.39 is 63.6 Å². The largest absolute Gasteiger partial charge is 0.508 e. The molecule has 0 radical (unpaired) electrons. The molecule has 0 heterocycles. The molecule has 0 spiro atoms. The third kappa shape index (κ3) is 4.50. The molecule has 4 atom stereocenters. The maximum absolute atomic E-state index is 14.0. The number of hydrogen-bond donors (Lipinski definition) is 6. The number of aliphatic hydroxyl groups is 3. The smallest absolute Gasteiger partial charge is 0.255 e. The van der Waals surface area contributed by atoms with Gasteiger partial charge in [-0.2, -0.15) is 0 Å². The predicted molar refractivity (Wildman–Crippen MR) is 157 cm³/mol. The maximum atomic E-state index is 14.0. The van der Waals surface area contributed by atoms with Crippen LogP contribution in [0.15, 0.2) is 53.3 Å². The van der Waals surface area contributed by atoms with E-state index in [0.29, 0.717) is 23.4 Å². The zero-order valence-corrected chi connectivity index (χ0v) is 24.8. The lowest BCUT2D eigenvalue weighted by atomic mass is 9.57. The van der Waals surface area contributed by atoms with E-state index in [4.69, 9.17) is 10.5 Å². The number of rotatable bonds is 7. The van der Waals surface area contributed by atoms with Crippen LogP contribution < -0.4 is 15.8 Å². The monoisotopic (exact) mass is 591 g/mol. The Hall–Kier alpha value is -4.19. The summed E-state index contributed by atoms with van der Waals surface area (Å²) in [5.41, 5.74) is 3.36. The second-order valence-corrected chi connectivity index (χ2v) is 12.2. The Morgan fingerprint density at radius 2 is 1.81 bits per heavy atom. The van der Waals surface area contributed by atoms with E-state index in [1.54, 1.807) is 14.1 Å². The van der Waals surface area contributed by atoms with Crippen LogP contribution in [0.2, 0.25) is 0 Å². The van der Waals surface area contributed by atoms with Crippen LogP contribution in [-0.4, -0.2) is 75.6 Å². The summed E-state index contributed by atoms with van der Waals surface area (Å²) in [5.74, 6) is -6.52. The van der Waals surface area contributed by atoms with Crippen LogP contribution in [0.3, 0.4) is 0 Å². The highest BCUT2D eigenvalue weighted by Gasteiger charge is 2.64. The molecule has 7 N–H and O–H groups in total. The van der Waals surface area contributed by atoms with E-state index >= 15 is 0 Å². The number of aliphatic hydroxyl groups excluding tert-OH is 2. The van der Waals surface area contributed by atoms with Crippen molar-refractivity contribution in [1.29, 1.82) is 0 Å². The molecule has 0 unspecified atom stereocenters. The Balaban J connectivity index is 1.61. The average molecular weight is 592 g/mol. The molecule has 1 fully saturated rings. The van der Waals surface area contributed by atoms with Crippen LogP contribution in [0.5, 0.6) is 11.5 Å². The van der Waals surface area contributed by atoms with Crippen LogP contribution in [-0.2, 0) is 32.9 Å². The number of carbonyl (C=O) groups is 3. The van der Waals surface area contributed by atoms with E-state index in [1.165, 1.54) is 18.1 Å². The first-order valence-corrected chi connectivity index (χ1v) is 14.0. The molecule has 11 nitrogen and oxygen atoms in total. The molecule has 2 aromatic rings. The maximum Gasteiger partial charge on any atom is 0.255 e. The average Bonchev–Trinajstić information content (AvgIpc) is 2.94. The number of nitrogens with zero attached hydrogens (tertiary/aromatic N) is 1. The lowest BCUT2D eigenvalue weighted by Gasteiger charge is -2.50. The number of phenols is 1. The van der Waals surface area contributed by atoms with E-state index in [0.717, 1.165) is 5.56 Å². The van der Waals surface area contributed by atoms with Gasteiger partial charge in [0.25, 0.3) is 5.91 Å². The quantitative estimate of drug-likeness (QED) is 0.261. The predicted octanol–water partition coefficient (Wildman–Crippen LogP) is 2.00. The molecule has 5 rings (SSSR count). The fraction of sp³-hybridized carbons (Fsp3) is 0.406.